The molecule has 7 nitrogen and oxygen atoms in total. The first-order valence-electron chi connectivity index (χ1n) is 8.37. The highest BCUT2D eigenvalue weighted by molar-refractivity contribution is 5.82. The zero-order valence-electron chi connectivity index (χ0n) is 14.6. The molecule has 25 heavy (non-hydrogen) atoms. The molecule has 1 aromatic heterocycles. The number of benzene rings is 1. The fourth-order valence-electron chi connectivity index (χ4n) is 2.78. The van der Waals surface area contributed by atoms with E-state index in [-0.39, 0.29) is 12.5 Å². The van der Waals surface area contributed by atoms with Gasteiger partial charge in [0.1, 0.15) is 6.54 Å². The number of amides is 1. The highest BCUT2D eigenvalue weighted by atomic mass is 16.5. The fraction of sp³-hybridized carbons (Fsp3) is 0.389. The summed E-state index contributed by atoms with van der Waals surface area (Å²) in [5.41, 5.74) is 6.50. The number of nitrogens with one attached hydrogen (secondary N) is 1. The summed E-state index contributed by atoms with van der Waals surface area (Å²) in [6.45, 7) is 7.35. The van der Waals surface area contributed by atoms with Crippen LogP contribution >= 0.6 is 0 Å². The van der Waals surface area contributed by atoms with Crippen LogP contribution in [-0.4, -0.2) is 48.2 Å². The summed E-state index contributed by atoms with van der Waals surface area (Å²) in [6, 6.07) is 10.0. The van der Waals surface area contributed by atoms with E-state index in [4.69, 9.17) is 4.74 Å². The number of carbonyl (C=O) groups is 1. The van der Waals surface area contributed by atoms with Gasteiger partial charge in [-0.3, -0.25) is 9.48 Å². The standard InChI is InChI=1S/C18H23N5O2/c1-14-11-15(2)23(21-14)13-18(24)20-19-12-16-3-5-17(6-4-16)22-7-9-25-10-8-22/h3-6,11-12H,7-10,13H2,1-2H3,(H,20,24)/b19-12+. The van der Waals surface area contributed by atoms with Crippen molar-refractivity contribution in [1.29, 1.82) is 0 Å². The zero-order valence-corrected chi connectivity index (χ0v) is 14.6. The monoisotopic (exact) mass is 341 g/mol. The summed E-state index contributed by atoms with van der Waals surface area (Å²) in [5.74, 6) is -0.201. The molecule has 0 radical (unpaired) electrons. The third kappa shape index (κ3) is 4.67. The van der Waals surface area contributed by atoms with Crippen molar-refractivity contribution in [3.63, 3.8) is 0 Å². The van der Waals surface area contributed by atoms with Crippen LogP contribution in [0.5, 0.6) is 0 Å². The maximum Gasteiger partial charge on any atom is 0.261 e. The fourth-order valence-corrected chi connectivity index (χ4v) is 2.78. The zero-order chi connectivity index (χ0) is 17.6. The molecule has 2 aromatic rings. The molecule has 1 aromatic carbocycles. The van der Waals surface area contributed by atoms with Gasteiger partial charge in [0.05, 0.1) is 25.1 Å². The van der Waals surface area contributed by atoms with E-state index in [1.165, 1.54) is 5.69 Å². The Hall–Kier alpha value is -2.67. The molecule has 0 unspecified atom stereocenters. The minimum atomic E-state index is -0.201. The third-order valence-corrected chi connectivity index (χ3v) is 4.07. The van der Waals surface area contributed by atoms with Gasteiger partial charge in [-0.05, 0) is 37.6 Å². The number of rotatable bonds is 5. The Morgan fingerprint density at radius 3 is 2.64 bits per heavy atom. The molecular formula is C18H23N5O2. The molecule has 1 N–H and O–H groups in total. The smallest absolute Gasteiger partial charge is 0.261 e. The molecule has 0 atom stereocenters. The topological polar surface area (TPSA) is 71.8 Å². The van der Waals surface area contributed by atoms with E-state index >= 15 is 0 Å². The number of aryl methyl sites for hydroxylation is 2. The SMILES string of the molecule is Cc1cc(C)n(CC(=O)N/N=C/c2ccc(N3CCOCC3)cc2)n1. The normalized spacial score (nSPS) is 14.9. The number of hydrazone groups is 1. The molecule has 7 heteroatoms. The number of ether oxygens (including phenoxy) is 1. The van der Waals surface area contributed by atoms with Gasteiger partial charge in [0.15, 0.2) is 0 Å². The second-order valence-electron chi connectivity index (χ2n) is 6.07. The van der Waals surface area contributed by atoms with Crippen molar-refractivity contribution in [2.45, 2.75) is 20.4 Å². The van der Waals surface area contributed by atoms with E-state index < -0.39 is 0 Å². The van der Waals surface area contributed by atoms with Gasteiger partial charge in [0, 0.05) is 24.5 Å². The van der Waals surface area contributed by atoms with Gasteiger partial charge in [0.25, 0.3) is 5.91 Å². The highest BCUT2D eigenvalue weighted by Crippen LogP contribution is 2.15. The van der Waals surface area contributed by atoms with E-state index in [1.54, 1.807) is 10.9 Å². The lowest BCUT2D eigenvalue weighted by Gasteiger charge is -2.28. The molecule has 0 bridgehead atoms. The van der Waals surface area contributed by atoms with Crippen molar-refractivity contribution in [3.8, 4) is 0 Å². The average Bonchev–Trinajstić information content (AvgIpc) is 2.93. The number of carbonyl (C=O) groups excluding carboxylic acids is 1. The van der Waals surface area contributed by atoms with Crippen LogP contribution in [0.3, 0.4) is 0 Å². The van der Waals surface area contributed by atoms with Crippen molar-refractivity contribution in [2.24, 2.45) is 5.10 Å². The van der Waals surface area contributed by atoms with E-state index in [0.29, 0.717) is 0 Å². The predicted octanol–water partition coefficient (Wildman–Crippen LogP) is 1.49. The molecule has 1 fully saturated rings. The van der Waals surface area contributed by atoms with Crippen LogP contribution in [0.25, 0.3) is 0 Å². The van der Waals surface area contributed by atoms with Crippen molar-refractivity contribution >= 4 is 17.8 Å². The Morgan fingerprint density at radius 1 is 1.28 bits per heavy atom. The van der Waals surface area contributed by atoms with Crippen molar-refractivity contribution in [3.05, 3.63) is 47.3 Å². The summed E-state index contributed by atoms with van der Waals surface area (Å²) in [7, 11) is 0. The molecule has 0 saturated carbocycles. The Bertz CT molecular complexity index is 745. The second-order valence-corrected chi connectivity index (χ2v) is 6.07. The van der Waals surface area contributed by atoms with Gasteiger partial charge in [-0.2, -0.15) is 10.2 Å². The molecule has 1 aliphatic rings. The molecule has 132 valence electrons. The Morgan fingerprint density at radius 2 is 2.00 bits per heavy atom. The molecule has 3 rings (SSSR count). The Labute approximate surface area is 147 Å². The Kier molecular flexibility index (Phi) is 5.45. The predicted molar refractivity (Wildman–Crippen MR) is 96.9 cm³/mol. The van der Waals surface area contributed by atoms with Gasteiger partial charge in [0.2, 0.25) is 0 Å². The molecule has 2 heterocycles. The maximum atomic E-state index is 11.9. The van der Waals surface area contributed by atoms with Crippen LogP contribution in [0.4, 0.5) is 5.69 Å². The van der Waals surface area contributed by atoms with Crippen molar-refractivity contribution in [2.75, 3.05) is 31.2 Å². The number of hydrogen-bond donors (Lipinski definition) is 1. The van der Waals surface area contributed by atoms with Crippen LogP contribution in [0.1, 0.15) is 17.0 Å². The largest absolute Gasteiger partial charge is 0.378 e. The van der Waals surface area contributed by atoms with Gasteiger partial charge in [-0.1, -0.05) is 12.1 Å². The van der Waals surface area contributed by atoms with E-state index in [1.807, 2.05) is 32.0 Å². The lowest BCUT2D eigenvalue weighted by molar-refractivity contribution is -0.121. The second kappa shape index (κ2) is 7.94. The summed E-state index contributed by atoms with van der Waals surface area (Å²) in [6.07, 6.45) is 1.64. The summed E-state index contributed by atoms with van der Waals surface area (Å²) in [5, 5.41) is 8.28. The minimum Gasteiger partial charge on any atom is -0.378 e. The Balaban J connectivity index is 1.51. The van der Waals surface area contributed by atoms with Crippen molar-refractivity contribution in [1.82, 2.24) is 15.2 Å². The van der Waals surface area contributed by atoms with Crippen LogP contribution in [0.15, 0.2) is 35.4 Å². The first kappa shape index (κ1) is 17.2. The van der Waals surface area contributed by atoms with Gasteiger partial charge >= 0.3 is 0 Å². The highest BCUT2D eigenvalue weighted by Gasteiger charge is 2.10. The number of morpholine rings is 1. The van der Waals surface area contributed by atoms with Gasteiger partial charge in [-0.25, -0.2) is 5.43 Å². The number of hydrogen-bond acceptors (Lipinski definition) is 5. The van der Waals surface area contributed by atoms with Gasteiger partial charge < -0.3 is 9.64 Å². The summed E-state index contributed by atoms with van der Waals surface area (Å²) < 4.78 is 7.03. The van der Waals surface area contributed by atoms with E-state index in [2.05, 4.69) is 32.7 Å². The van der Waals surface area contributed by atoms with Crippen LogP contribution in [-0.2, 0) is 16.1 Å². The number of anilines is 1. The van der Waals surface area contributed by atoms with Crippen molar-refractivity contribution < 1.29 is 9.53 Å². The molecule has 0 spiro atoms. The first-order chi connectivity index (χ1) is 12.1. The van der Waals surface area contributed by atoms with E-state index in [9.17, 15) is 4.79 Å². The number of nitrogens with zero attached hydrogens (tertiary/aromatic N) is 4. The minimum absolute atomic E-state index is 0.160. The molecule has 1 amide bonds. The quantitative estimate of drug-likeness (QED) is 0.661. The molecule has 1 aliphatic heterocycles. The van der Waals surface area contributed by atoms with Crippen LogP contribution in [0.2, 0.25) is 0 Å². The molecule has 1 saturated heterocycles. The third-order valence-electron chi connectivity index (χ3n) is 4.07. The average molecular weight is 341 g/mol. The van der Waals surface area contributed by atoms with E-state index in [0.717, 1.165) is 43.3 Å². The lowest BCUT2D eigenvalue weighted by Crippen LogP contribution is -2.36. The lowest BCUT2D eigenvalue weighted by atomic mass is 10.2. The van der Waals surface area contributed by atoms with Crippen LogP contribution < -0.4 is 10.3 Å². The summed E-state index contributed by atoms with van der Waals surface area (Å²) >= 11 is 0. The maximum absolute atomic E-state index is 11.9. The van der Waals surface area contributed by atoms with Crippen LogP contribution in [0, 0.1) is 13.8 Å². The molecule has 0 aliphatic carbocycles. The summed E-state index contributed by atoms with van der Waals surface area (Å²) in [4.78, 5) is 14.2. The van der Waals surface area contributed by atoms with Gasteiger partial charge in [-0.15, -0.1) is 0 Å². The molecular weight excluding hydrogens is 318 g/mol. The first-order valence-corrected chi connectivity index (χ1v) is 8.37. The number of aromatic nitrogens is 2.